The summed E-state index contributed by atoms with van der Waals surface area (Å²) in [5, 5.41) is 9.23. The topological polar surface area (TPSA) is 50.2 Å². The van der Waals surface area contributed by atoms with E-state index in [1.807, 2.05) is 0 Å². The minimum atomic E-state index is -4.36. The summed E-state index contributed by atoms with van der Waals surface area (Å²) in [5.41, 5.74) is -0.655. The molecule has 1 N–H and O–H groups in total. The lowest BCUT2D eigenvalue weighted by Gasteiger charge is -2.07. The van der Waals surface area contributed by atoms with E-state index in [2.05, 4.69) is 4.98 Å². The summed E-state index contributed by atoms with van der Waals surface area (Å²) < 4.78 is 37.2. The monoisotopic (exact) mass is 299 g/mol. The zero-order chi connectivity index (χ0) is 14.8. The van der Waals surface area contributed by atoms with E-state index in [9.17, 15) is 18.0 Å². The normalized spacial score (nSPS) is 11.3. The van der Waals surface area contributed by atoms with Crippen molar-refractivity contribution in [1.82, 2.24) is 4.98 Å². The number of hydrogen-bond donors (Lipinski definition) is 1. The van der Waals surface area contributed by atoms with Crippen molar-refractivity contribution in [3.63, 3.8) is 0 Å². The molecule has 1 heterocycles. The van der Waals surface area contributed by atoms with Gasteiger partial charge in [0.1, 0.15) is 5.03 Å². The summed E-state index contributed by atoms with van der Waals surface area (Å²) in [5.74, 6) is -1.08. The average Bonchev–Trinajstić information content (AvgIpc) is 2.39. The smallest absolute Gasteiger partial charge is 0.416 e. The fraction of sp³-hybridized carbons (Fsp3) is 0.0769. The van der Waals surface area contributed by atoms with Gasteiger partial charge in [-0.25, -0.2) is 9.78 Å². The first-order valence-corrected chi connectivity index (χ1v) is 6.22. The lowest BCUT2D eigenvalue weighted by molar-refractivity contribution is -0.137. The molecule has 0 amide bonds. The third-order valence-electron chi connectivity index (χ3n) is 2.39. The number of carboxylic acids is 1. The van der Waals surface area contributed by atoms with Crippen LogP contribution in [0.3, 0.4) is 0 Å². The highest BCUT2D eigenvalue weighted by Gasteiger charge is 2.29. The molecule has 0 atom stereocenters. The Labute approximate surface area is 116 Å². The first-order valence-electron chi connectivity index (χ1n) is 5.41. The third-order valence-corrected chi connectivity index (χ3v) is 3.35. The van der Waals surface area contributed by atoms with Crippen molar-refractivity contribution in [3.05, 3.63) is 53.7 Å². The number of rotatable bonds is 3. The van der Waals surface area contributed by atoms with Gasteiger partial charge < -0.3 is 5.11 Å². The molecule has 2 aromatic rings. The van der Waals surface area contributed by atoms with Crippen LogP contribution in [-0.2, 0) is 6.18 Å². The zero-order valence-electron chi connectivity index (χ0n) is 9.89. The van der Waals surface area contributed by atoms with E-state index in [0.717, 1.165) is 23.9 Å². The molecule has 0 radical (unpaired) electrons. The number of benzene rings is 1. The molecule has 1 aromatic heterocycles. The number of pyridine rings is 1. The number of hydrogen-bond acceptors (Lipinski definition) is 3. The van der Waals surface area contributed by atoms with Crippen LogP contribution >= 0.6 is 11.8 Å². The van der Waals surface area contributed by atoms with Gasteiger partial charge in [0.2, 0.25) is 0 Å². The maximum Gasteiger partial charge on any atom is 0.416 e. The summed E-state index contributed by atoms with van der Waals surface area (Å²) in [4.78, 5) is 15.2. The fourth-order valence-electron chi connectivity index (χ4n) is 1.40. The summed E-state index contributed by atoms with van der Waals surface area (Å²) in [6.07, 6.45) is -3.15. The van der Waals surface area contributed by atoms with Gasteiger partial charge in [-0.15, -0.1) is 0 Å². The molecule has 2 rings (SSSR count). The molecule has 0 aliphatic rings. The standard InChI is InChI=1S/C13H8F3NO2S/c14-13(15,16)9-2-4-10(5-3-9)20-11-6-1-8(7-17-11)12(18)19/h1-7H,(H,18,19). The fourth-order valence-corrected chi connectivity index (χ4v) is 2.16. The second-order valence-electron chi connectivity index (χ2n) is 3.81. The number of carboxylic acid groups (broad SMARTS) is 1. The Morgan fingerprint density at radius 3 is 2.20 bits per heavy atom. The number of nitrogens with zero attached hydrogens (tertiary/aromatic N) is 1. The number of aromatic nitrogens is 1. The average molecular weight is 299 g/mol. The lowest BCUT2D eigenvalue weighted by Crippen LogP contribution is -2.03. The molecular weight excluding hydrogens is 291 g/mol. The van der Waals surface area contributed by atoms with Crippen molar-refractivity contribution in [2.45, 2.75) is 16.1 Å². The minimum Gasteiger partial charge on any atom is -0.478 e. The molecule has 20 heavy (non-hydrogen) atoms. The van der Waals surface area contributed by atoms with Crippen molar-refractivity contribution >= 4 is 17.7 Å². The molecule has 104 valence electrons. The van der Waals surface area contributed by atoms with Crippen LogP contribution in [0.5, 0.6) is 0 Å². The molecule has 0 aliphatic carbocycles. The molecule has 0 bridgehead atoms. The van der Waals surface area contributed by atoms with Crippen LogP contribution in [0.2, 0.25) is 0 Å². The molecule has 0 saturated heterocycles. The summed E-state index contributed by atoms with van der Waals surface area (Å²) >= 11 is 1.16. The van der Waals surface area contributed by atoms with Crippen LogP contribution in [0.1, 0.15) is 15.9 Å². The van der Waals surface area contributed by atoms with E-state index >= 15 is 0 Å². The molecule has 0 aliphatic heterocycles. The molecule has 0 unspecified atom stereocenters. The highest BCUT2D eigenvalue weighted by Crippen LogP contribution is 2.32. The second-order valence-corrected chi connectivity index (χ2v) is 4.91. The number of alkyl halides is 3. The number of carbonyl (C=O) groups is 1. The number of halogens is 3. The molecule has 1 aromatic carbocycles. The molecule has 0 saturated carbocycles. The van der Waals surface area contributed by atoms with Gasteiger partial charge in [0.05, 0.1) is 11.1 Å². The van der Waals surface area contributed by atoms with Gasteiger partial charge >= 0.3 is 12.1 Å². The Morgan fingerprint density at radius 1 is 1.10 bits per heavy atom. The van der Waals surface area contributed by atoms with E-state index in [0.29, 0.717) is 9.92 Å². The first-order chi connectivity index (χ1) is 9.36. The molecule has 7 heteroatoms. The van der Waals surface area contributed by atoms with E-state index < -0.39 is 17.7 Å². The van der Waals surface area contributed by atoms with Gasteiger partial charge in [-0.3, -0.25) is 0 Å². The van der Waals surface area contributed by atoms with Crippen molar-refractivity contribution in [3.8, 4) is 0 Å². The maximum atomic E-state index is 12.4. The van der Waals surface area contributed by atoms with Crippen LogP contribution in [0.25, 0.3) is 0 Å². The predicted molar refractivity (Wildman–Crippen MR) is 66.8 cm³/mol. The Balaban J connectivity index is 2.12. The largest absolute Gasteiger partial charge is 0.478 e. The van der Waals surface area contributed by atoms with Crippen LogP contribution < -0.4 is 0 Å². The van der Waals surface area contributed by atoms with Crippen molar-refractivity contribution < 1.29 is 23.1 Å². The van der Waals surface area contributed by atoms with E-state index in [-0.39, 0.29) is 5.56 Å². The van der Waals surface area contributed by atoms with Gasteiger partial charge in [0.25, 0.3) is 0 Å². The lowest BCUT2D eigenvalue weighted by atomic mass is 10.2. The van der Waals surface area contributed by atoms with Gasteiger partial charge in [-0.05, 0) is 36.4 Å². The van der Waals surface area contributed by atoms with Crippen molar-refractivity contribution in [2.75, 3.05) is 0 Å². The highest BCUT2D eigenvalue weighted by atomic mass is 32.2. The van der Waals surface area contributed by atoms with E-state index in [1.165, 1.54) is 30.5 Å². The van der Waals surface area contributed by atoms with Crippen LogP contribution in [0.4, 0.5) is 13.2 Å². The van der Waals surface area contributed by atoms with Gasteiger partial charge in [0.15, 0.2) is 0 Å². The predicted octanol–water partition coefficient (Wildman–Crippen LogP) is 3.95. The molecule has 0 fully saturated rings. The first kappa shape index (κ1) is 14.4. The summed E-state index contributed by atoms with van der Waals surface area (Å²) in [6.45, 7) is 0. The Morgan fingerprint density at radius 2 is 1.75 bits per heavy atom. The molecule has 3 nitrogen and oxygen atoms in total. The Hall–Kier alpha value is -2.02. The van der Waals surface area contributed by atoms with E-state index in [4.69, 9.17) is 5.11 Å². The molecule has 0 spiro atoms. The highest BCUT2D eigenvalue weighted by molar-refractivity contribution is 7.99. The van der Waals surface area contributed by atoms with Crippen molar-refractivity contribution in [2.24, 2.45) is 0 Å². The van der Waals surface area contributed by atoms with Crippen LogP contribution in [0.15, 0.2) is 52.5 Å². The van der Waals surface area contributed by atoms with Crippen molar-refractivity contribution in [1.29, 1.82) is 0 Å². The van der Waals surface area contributed by atoms with Crippen LogP contribution in [-0.4, -0.2) is 16.1 Å². The van der Waals surface area contributed by atoms with Gasteiger partial charge in [0, 0.05) is 11.1 Å². The quantitative estimate of drug-likeness (QED) is 0.932. The Kier molecular flexibility index (Phi) is 3.99. The minimum absolute atomic E-state index is 0.0572. The Bertz CT molecular complexity index is 609. The van der Waals surface area contributed by atoms with E-state index in [1.54, 1.807) is 0 Å². The maximum absolute atomic E-state index is 12.4. The zero-order valence-corrected chi connectivity index (χ0v) is 10.7. The number of aromatic carboxylic acids is 1. The molecular formula is C13H8F3NO2S. The van der Waals surface area contributed by atoms with Gasteiger partial charge in [-0.2, -0.15) is 13.2 Å². The third kappa shape index (κ3) is 3.51. The van der Waals surface area contributed by atoms with Crippen LogP contribution in [0, 0.1) is 0 Å². The summed E-state index contributed by atoms with van der Waals surface area (Å²) in [7, 11) is 0. The summed E-state index contributed by atoms with van der Waals surface area (Å²) in [6, 6.07) is 7.58. The SMILES string of the molecule is O=C(O)c1ccc(Sc2ccc(C(F)(F)F)cc2)nc1. The van der Waals surface area contributed by atoms with Gasteiger partial charge in [-0.1, -0.05) is 11.8 Å². The second kappa shape index (κ2) is 5.54.